The van der Waals surface area contributed by atoms with Gasteiger partial charge in [-0.2, -0.15) is 0 Å². The zero-order valence-corrected chi connectivity index (χ0v) is 18.6. The molecule has 1 atom stereocenters. The first-order valence-corrected chi connectivity index (χ1v) is 10.9. The Balaban J connectivity index is 1.38. The number of nitrogens with one attached hydrogen (secondary N) is 1. The van der Waals surface area contributed by atoms with E-state index in [-0.39, 0.29) is 24.2 Å². The van der Waals surface area contributed by atoms with Crippen LogP contribution in [0.3, 0.4) is 0 Å². The molecule has 4 rings (SSSR count). The number of carbonyl (C=O) groups excluding carboxylic acids is 2. The van der Waals surface area contributed by atoms with Crippen LogP contribution in [0.5, 0.6) is 0 Å². The third-order valence-corrected chi connectivity index (χ3v) is 5.75. The van der Waals surface area contributed by atoms with Crippen LogP contribution in [0.1, 0.15) is 23.3 Å². The fraction of sp³-hybridized carbons (Fsp3) is 0.308. The SMILES string of the molecule is CN(C)Cc1ccc(-c2ccccc2CNC(=O)[C@@H]2CC(=O)N(Cc3ccco3)C2)cc1. The van der Waals surface area contributed by atoms with E-state index in [2.05, 4.69) is 54.6 Å². The molecule has 2 amide bonds. The third-order valence-electron chi connectivity index (χ3n) is 5.75. The molecule has 6 nitrogen and oxygen atoms in total. The van der Waals surface area contributed by atoms with Crippen molar-refractivity contribution in [3.63, 3.8) is 0 Å². The van der Waals surface area contributed by atoms with Crippen LogP contribution >= 0.6 is 0 Å². The van der Waals surface area contributed by atoms with Gasteiger partial charge in [0, 0.05) is 26.1 Å². The summed E-state index contributed by atoms with van der Waals surface area (Å²) in [6.07, 6.45) is 1.83. The molecular weight excluding hydrogens is 402 g/mol. The van der Waals surface area contributed by atoms with E-state index in [0.29, 0.717) is 19.6 Å². The lowest BCUT2D eigenvalue weighted by Gasteiger charge is -2.16. The second-order valence-corrected chi connectivity index (χ2v) is 8.56. The molecule has 0 radical (unpaired) electrons. The van der Waals surface area contributed by atoms with Crippen molar-refractivity contribution in [2.24, 2.45) is 5.92 Å². The van der Waals surface area contributed by atoms with E-state index >= 15 is 0 Å². The quantitative estimate of drug-likeness (QED) is 0.591. The van der Waals surface area contributed by atoms with Crippen molar-refractivity contribution in [3.05, 3.63) is 83.8 Å². The Bertz CT molecular complexity index is 1060. The molecule has 0 aliphatic carbocycles. The lowest BCUT2D eigenvalue weighted by molar-refractivity contribution is -0.129. The molecule has 0 spiro atoms. The molecule has 166 valence electrons. The number of hydrogen-bond donors (Lipinski definition) is 1. The number of carbonyl (C=O) groups is 2. The average Bonchev–Trinajstić information content (AvgIpc) is 3.43. The monoisotopic (exact) mass is 431 g/mol. The standard InChI is InChI=1S/C26H29N3O3/c1-28(2)16-19-9-11-20(12-10-19)24-8-4-3-6-21(24)15-27-26(31)22-14-25(30)29(17-22)18-23-7-5-13-32-23/h3-13,22H,14-18H2,1-2H3,(H,27,31)/t22-/m1/s1. The van der Waals surface area contributed by atoms with E-state index in [9.17, 15) is 9.59 Å². The fourth-order valence-corrected chi connectivity index (χ4v) is 4.13. The Hall–Kier alpha value is -3.38. The van der Waals surface area contributed by atoms with Crippen molar-refractivity contribution in [2.75, 3.05) is 20.6 Å². The molecule has 1 saturated heterocycles. The largest absolute Gasteiger partial charge is 0.467 e. The van der Waals surface area contributed by atoms with Crippen molar-refractivity contribution in [1.29, 1.82) is 0 Å². The Labute approximate surface area is 188 Å². The van der Waals surface area contributed by atoms with Crippen LogP contribution in [-0.4, -0.2) is 42.3 Å². The maximum Gasteiger partial charge on any atom is 0.225 e. The van der Waals surface area contributed by atoms with Crippen LogP contribution in [0, 0.1) is 5.92 Å². The van der Waals surface area contributed by atoms with Gasteiger partial charge in [0.2, 0.25) is 11.8 Å². The molecule has 2 aromatic carbocycles. The van der Waals surface area contributed by atoms with Gasteiger partial charge in [0.05, 0.1) is 18.7 Å². The molecule has 1 N–H and O–H groups in total. The Kier molecular flexibility index (Phi) is 6.71. The van der Waals surface area contributed by atoms with Gasteiger partial charge in [-0.05, 0) is 48.5 Å². The summed E-state index contributed by atoms with van der Waals surface area (Å²) in [4.78, 5) is 28.9. The average molecular weight is 432 g/mol. The topological polar surface area (TPSA) is 65.8 Å². The highest BCUT2D eigenvalue weighted by Gasteiger charge is 2.34. The molecule has 0 saturated carbocycles. The van der Waals surface area contributed by atoms with Gasteiger partial charge >= 0.3 is 0 Å². The Morgan fingerprint density at radius 1 is 1.09 bits per heavy atom. The van der Waals surface area contributed by atoms with Crippen LogP contribution in [0.15, 0.2) is 71.3 Å². The first-order chi connectivity index (χ1) is 15.5. The highest BCUT2D eigenvalue weighted by atomic mass is 16.3. The lowest BCUT2D eigenvalue weighted by atomic mass is 9.98. The van der Waals surface area contributed by atoms with E-state index in [1.165, 1.54) is 5.56 Å². The number of nitrogens with zero attached hydrogens (tertiary/aromatic N) is 2. The lowest BCUT2D eigenvalue weighted by Crippen LogP contribution is -2.32. The molecule has 0 unspecified atom stereocenters. The second kappa shape index (κ2) is 9.83. The van der Waals surface area contributed by atoms with Crippen molar-refractivity contribution in [3.8, 4) is 11.1 Å². The molecule has 1 aliphatic rings. The van der Waals surface area contributed by atoms with Crippen LogP contribution in [-0.2, 0) is 29.2 Å². The highest BCUT2D eigenvalue weighted by Crippen LogP contribution is 2.25. The summed E-state index contributed by atoms with van der Waals surface area (Å²) in [6.45, 7) is 2.15. The summed E-state index contributed by atoms with van der Waals surface area (Å²) in [6, 6.07) is 20.3. The number of rotatable bonds is 8. The Morgan fingerprint density at radius 2 is 1.88 bits per heavy atom. The molecule has 0 bridgehead atoms. The molecule has 32 heavy (non-hydrogen) atoms. The van der Waals surface area contributed by atoms with E-state index in [1.807, 2.05) is 24.3 Å². The van der Waals surface area contributed by atoms with E-state index in [1.54, 1.807) is 17.2 Å². The van der Waals surface area contributed by atoms with E-state index in [4.69, 9.17) is 4.42 Å². The highest BCUT2D eigenvalue weighted by molar-refractivity contribution is 5.89. The molecule has 1 fully saturated rings. The minimum absolute atomic E-state index is 0.0141. The van der Waals surface area contributed by atoms with Crippen LogP contribution in [0.4, 0.5) is 0 Å². The Morgan fingerprint density at radius 3 is 2.59 bits per heavy atom. The first-order valence-electron chi connectivity index (χ1n) is 10.9. The van der Waals surface area contributed by atoms with Crippen LogP contribution in [0.2, 0.25) is 0 Å². The van der Waals surface area contributed by atoms with Gasteiger partial charge < -0.3 is 19.5 Å². The summed E-state index contributed by atoms with van der Waals surface area (Å²) in [5, 5.41) is 3.04. The predicted molar refractivity (Wildman–Crippen MR) is 123 cm³/mol. The molecule has 3 aromatic rings. The van der Waals surface area contributed by atoms with Gasteiger partial charge in [0.15, 0.2) is 0 Å². The van der Waals surface area contributed by atoms with Gasteiger partial charge in [0.25, 0.3) is 0 Å². The fourth-order valence-electron chi connectivity index (χ4n) is 4.13. The smallest absolute Gasteiger partial charge is 0.225 e. The summed E-state index contributed by atoms with van der Waals surface area (Å²) < 4.78 is 5.33. The van der Waals surface area contributed by atoms with Crippen LogP contribution in [0.25, 0.3) is 11.1 Å². The number of likely N-dealkylation sites (tertiary alicyclic amines) is 1. The van der Waals surface area contributed by atoms with E-state index in [0.717, 1.165) is 29.0 Å². The van der Waals surface area contributed by atoms with Crippen molar-refractivity contribution < 1.29 is 14.0 Å². The summed E-state index contributed by atoms with van der Waals surface area (Å²) in [5.74, 6) is 0.288. The van der Waals surface area contributed by atoms with E-state index < -0.39 is 0 Å². The van der Waals surface area contributed by atoms with Crippen molar-refractivity contribution in [2.45, 2.75) is 26.1 Å². The number of hydrogen-bond acceptors (Lipinski definition) is 4. The molecule has 1 aromatic heterocycles. The van der Waals surface area contributed by atoms with Gasteiger partial charge in [-0.25, -0.2) is 0 Å². The summed E-state index contributed by atoms with van der Waals surface area (Å²) >= 11 is 0. The zero-order chi connectivity index (χ0) is 22.5. The summed E-state index contributed by atoms with van der Waals surface area (Å²) in [7, 11) is 4.11. The van der Waals surface area contributed by atoms with Gasteiger partial charge in [-0.3, -0.25) is 9.59 Å². The molecule has 1 aliphatic heterocycles. The van der Waals surface area contributed by atoms with Gasteiger partial charge in [-0.15, -0.1) is 0 Å². The maximum atomic E-state index is 12.8. The maximum absolute atomic E-state index is 12.8. The summed E-state index contributed by atoms with van der Waals surface area (Å²) in [5.41, 5.74) is 4.54. The van der Waals surface area contributed by atoms with Crippen molar-refractivity contribution in [1.82, 2.24) is 15.1 Å². The number of amides is 2. The minimum atomic E-state index is -0.338. The van der Waals surface area contributed by atoms with Gasteiger partial charge in [0.1, 0.15) is 5.76 Å². The first kappa shape index (κ1) is 21.8. The zero-order valence-electron chi connectivity index (χ0n) is 18.6. The minimum Gasteiger partial charge on any atom is -0.467 e. The second-order valence-electron chi connectivity index (χ2n) is 8.56. The molecule has 6 heteroatoms. The van der Waals surface area contributed by atoms with Crippen molar-refractivity contribution >= 4 is 11.8 Å². The van der Waals surface area contributed by atoms with Gasteiger partial charge in [-0.1, -0.05) is 48.5 Å². The third kappa shape index (κ3) is 5.26. The predicted octanol–water partition coefficient (Wildman–Crippen LogP) is 3.67. The number of furan rings is 1. The number of benzene rings is 2. The molecule has 2 heterocycles. The normalized spacial score (nSPS) is 16.0. The molecular formula is C26H29N3O3. The van der Waals surface area contributed by atoms with Crippen LogP contribution < -0.4 is 5.32 Å².